The molecular formula is C13H13FN2O6S2. The second-order valence-electron chi connectivity index (χ2n) is 5.18. The van der Waals surface area contributed by atoms with Gasteiger partial charge >= 0.3 is 5.69 Å². The third-order valence-electron chi connectivity index (χ3n) is 3.59. The van der Waals surface area contributed by atoms with Gasteiger partial charge in [-0.25, -0.2) is 16.8 Å². The fourth-order valence-electron chi connectivity index (χ4n) is 2.43. The zero-order chi connectivity index (χ0) is 18.1. The Bertz CT molecular complexity index is 920. The van der Waals surface area contributed by atoms with Crippen LogP contribution in [-0.4, -0.2) is 50.2 Å². The molecule has 0 saturated carbocycles. The molecule has 0 spiro atoms. The predicted octanol–water partition coefficient (Wildman–Crippen LogP) is 0.545. The van der Waals surface area contributed by atoms with Crippen LogP contribution in [0, 0.1) is 28.3 Å². The summed E-state index contributed by atoms with van der Waals surface area (Å²) in [6.45, 7) is -0.388. The first-order valence-electron chi connectivity index (χ1n) is 6.68. The van der Waals surface area contributed by atoms with E-state index in [0.717, 1.165) is 16.4 Å². The number of hydrogen-bond acceptors (Lipinski definition) is 6. The minimum absolute atomic E-state index is 0.0821. The maximum atomic E-state index is 13.7. The molecule has 1 aromatic rings. The van der Waals surface area contributed by atoms with Gasteiger partial charge < -0.3 is 0 Å². The van der Waals surface area contributed by atoms with Crippen molar-refractivity contribution in [2.75, 3.05) is 18.1 Å². The van der Waals surface area contributed by atoms with Gasteiger partial charge in [0.15, 0.2) is 9.84 Å². The number of nitrogens with zero attached hydrogens (tertiary/aromatic N) is 2. The van der Waals surface area contributed by atoms with Gasteiger partial charge in [-0.3, -0.25) is 10.1 Å². The molecule has 1 heterocycles. The minimum atomic E-state index is -4.30. The SMILES string of the molecule is C#CCN([C@@H]1CCS(=O)(=O)C1)S(=O)(=O)c1ccc([N+](=O)[O-])c(F)c1. The lowest BCUT2D eigenvalue weighted by Crippen LogP contribution is -2.41. The van der Waals surface area contributed by atoms with Crippen LogP contribution in [0.3, 0.4) is 0 Å². The van der Waals surface area contributed by atoms with Crippen LogP contribution in [0.1, 0.15) is 6.42 Å². The minimum Gasteiger partial charge on any atom is -0.258 e. The normalized spacial score (nSPS) is 20.0. The standard InChI is InChI=1S/C13H13FN2O6S2/c1-2-6-15(10-5-7-23(19,20)9-10)24(21,22)11-3-4-13(16(17)18)12(14)8-11/h1,3-4,8,10H,5-7,9H2/t10-/m1/s1. The van der Waals surface area contributed by atoms with Gasteiger partial charge in [-0.15, -0.1) is 6.42 Å². The number of nitro groups is 1. The fourth-order valence-corrected chi connectivity index (χ4v) is 5.84. The summed E-state index contributed by atoms with van der Waals surface area (Å²) in [6.07, 6.45) is 5.25. The van der Waals surface area contributed by atoms with E-state index >= 15 is 0 Å². The molecule has 2 rings (SSSR count). The molecular weight excluding hydrogens is 363 g/mol. The Morgan fingerprint density at radius 1 is 1.46 bits per heavy atom. The zero-order valence-corrected chi connectivity index (χ0v) is 13.9. The topological polar surface area (TPSA) is 115 Å². The molecule has 0 amide bonds. The fraction of sp³-hybridized carbons (Fsp3) is 0.385. The molecule has 0 N–H and O–H groups in total. The van der Waals surface area contributed by atoms with Crippen LogP contribution in [0.25, 0.3) is 0 Å². The van der Waals surface area contributed by atoms with Crippen molar-refractivity contribution in [3.8, 4) is 12.3 Å². The summed E-state index contributed by atoms with van der Waals surface area (Å²) in [5.74, 6) is 0.302. The zero-order valence-electron chi connectivity index (χ0n) is 12.3. The molecule has 130 valence electrons. The second kappa shape index (κ2) is 6.46. The molecule has 1 aromatic carbocycles. The summed E-state index contributed by atoms with van der Waals surface area (Å²) >= 11 is 0. The number of sulfone groups is 1. The van der Waals surface area contributed by atoms with Crippen molar-refractivity contribution in [2.45, 2.75) is 17.4 Å². The average Bonchev–Trinajstić information content (AvgIpc) is 2.83. The van der Waals surface area contributed by atoms with E-state index in [-0.39, 0.29) is 24.5 Å². The molecule has 0 radical (unpaired) electrons. The van der Waals surface area contributed by atoms with E-state index < -0.39 is 47.2 Å². The van der Waals surface area contributed by atoms with Gasteiger partial charge in [-0.1, -0.05) is 5.92 Å². The molecule has 0 bridgehead atoms. The Labute approximate surface area is 138 Å². The van der Waals surface area contributed by atoms with E-state index in [4.69, 9.17) is 6.42 Å². The van der Waals surface area contributed by atoms with E-state index in [2.05, 4.69) is 5.92 Å². The molecule has 0 aromatic heterocycles. The van der Waals surface area contributed by atoms with Crippen LogP contribution in [0.5, 0.6) is 0 Å². The molecule has 1 fully saturated rings. The molecule has 0 unspecified atom stereocenters. The highest BCUT2D eigenvalue weighted by molar-refractivity contribution is 7.92. The van der Waals surface area contributed by atoms with Crippen molar-refractivity contribution >= 4 is 25.5 Å². The smallest absolute Gasteiger partial charge is 0.258 e. The van der Waals surface area contributed by atoms with E-state index in [9.17, 15) is 31.3 Å². The summed E-state index contributed by atoms with van der Waals surface area (Å²) < 4.78 is 63.0. The van der Waals surface area contributed by atoms with Crippen molar-refractivity contribution in [1.29, 1.82) is 0 Å². The van der Waals surface area contributed by atoms with Crippen LogP contribution >= 0.6 is 0 Å². The first-order chi connectivity index (χ1) is 11.1. The van der Waals surface area contributed by atoms with Crippen molar-refractivity contribution in [2.24, 2.45) is 0 Å². The van der Waals surface area contributed by atoms with Gasteiger partial charge in [-0.2, -0.15) is 8.70 Å². The molecule has 0 aliphatic carbocycles. The van der Waals surface area contributed by atoms with Crippen LogP contribution in [0.2, 0.25) is 0 Å². The van der Waals surface area contributed by atoms with Crippen LogP contribution in [-0.2, 0) is 19.9 Å². The summed E-state index contributed by atoms with van der Waals surface area (Å²) in [5.41, 5.74) is -0.860. The summed E-state index contributed by atoms with van der Waals surface area (Å²) in [5, 5.41) is 10.6. The number of sulfonamides is 1. The third kappa shape index (κ3) is 3.55. The maximum absolute atomic E-state index is 13.7. The third-order valence-corrected chi connectivity index (χ3v) is 7.23. The number of nitro benzene ring substituents is 1. The van der Waals surface area contributed by atoms with E-state index in [1.54, 1.807) is 0 Å². The Balaban J connectivity index is 2.44. The van der Waals surface area contributed by atoms with Crippen LogP contribution in [0.15, 0.2) is 23.1 Å². The van der Waals surface area contributed by atoms with E-state index in [1.165, 1.54) is 0 Å². The van der Waals surface area contributed by atoms with E-state index in [1.807, 2.05) is 0 Å². The molecule has 8 nitrogen and oxygen atoms in total. The Kier molecular flexibility index (Phi) is 4.93. The first kappa shape index (κ1) is 18.3. The van der Waals surface area contributed by atoms with Crippen molar-refractivity contribution in [3.05, 3.63) is 34.1 Å². The molecule has 1 aliphatic heterocycles. The lowest BCUT2D eigenvalue weighted by Gasteiger charge is -2.25. The molecule has 1 aliphatic rings. The quantitative estimate of drug-likeness (QED) is 0.421. The Morgan fingerprint density at radius 2 is 2.12 bits per heavy atom. The van der Waals surface area contributed by atoms with Crippen LogP contribution in [0.4, 0.5) is 10.1 Å². The van der Waals surface area contributed by atoms with Crippen molar-refractivity contribution in [3.63, 3.8) is 0 Å². The summed E-state index contributed by atoms with van der Waals surface area (Å²) in [6, 6.07) is 1.31. The van der Waals surface area contributed by atoms with Gasteiger partial charge in [0, 0.05) is 18.2 Å². The Morgan fingerprint density at radius 3 is 2.58 bits per heavy atom. The van der Waals surface area contributed by atoms with E-state index in [0.29, 0.717) is 6.07 Å². The predicted molar refractivity (Wildman–Crippen MR) is 82.8 cm³/mol. The summed E-state index contributed by atoms with van der Waals surface area (Å²) in [4.78, 5) is 9.11. The monoisotopic (exact) mass is 376 g/mol. The molecule has 11 heteroatoms. The van der Waals surface area contributed by atoms with Crippen molar-refractivity contribution in [1.82, 2.24) is 4.31 Å². The lowest BCUT2D eigenvalue weighted by molar-refractivity contribution is -0.387. The molecule has 1 atom stereocenters. The number of hydrogen-bond donors (Lipinski definition) is 0. The number of terminal acetylenes is 1. The van der Waals surface area contributed by atoms with Crippen LogP contribution < -0.4 is 0 Å². The van der Waals surface area contributed by atoms with Crippen molar-refractivity contribution < 1.29 is 26.1 Å². The lowest BCUT2D eigenvalue weighted by atomic mass is 10.3. The summed E-state index contributed by atoms with van der Waals surface area (Å²) in [7, 11) is -7.66. The highest BCUT2D eigenvalue weighted by Gasteiger charge is 2.38. The largest absolute Gasteiger partial charge is 0.304 e. The van der Waals surface area contributed by atoms with Gasteiger partial charge in [0.25, 0.3) is 0 Å². The number of rotatable bonds is 5. The number of halogens is 1. The maximum Gasteiger partial charge on any atom is 0.304 e. The number of benzene rings is 1. The van der Waals surface area contributed by atoms with Gasteiger partial charge in [0.1, 0.15) is 0 Å². The highest BCUT2D eigenvalue weighted by atomic mass is 32.2. The second-order valence-corrected chi connectivity index (χ2v) is 9.30. The average molecular weight is 376 g/mol. The molecule has 1 saturated heterocycles. The van der Waals surface area contributed by atoms with Gasteiger partial charge in [0.2, 0.25) is 15.8 Å². The highest BCUT2D eigenvalue weighted by Crippen LogP contribution is 2.27. The first-order valence-corrected chi connectivity index (χ1v) is 9.94. The Hall–Kier alpha value is -2.03. The molecule has 24 heavy (non-hydrogen) atoms. The van der Waals surface area contributed by atoms with Gasteiger partial charge in [-0.05, 0) is 12.5 Å². The van der Waals surface area contributed by atoms with Gasteiger partial charge in [0.05, 0.1) is 27.9 Å².